The Morgan fingerprint density at radius 3 is 2.60 bits per heavy atom. The van der Waals surface area contributed by atoms with Crippen LogP contribution in [-0.2, 0) is 13.0 Å². The van der Waals surface area contributed by atoms with E-state index in [0.717, 1.165) is 31.2 Å². The lowest BCUT2D eigenvalue weighted by atomic mass is 10.2. The van der Waals surface area contributed by atoms with Crippen LogP contribution in [0, 0.1) is 26.7 Å². The van der Waals surface area contributed by atoms with Crippen molar-refractivity contribution < 1.29 is 0 Å². The van der Waals surface area contributed by atoms with E-state index >= 15 is 0 Å². The summed E-state index contributed by atoms with van der Waals surface area (Å²) in [4.78, 5) is 7.12. The van der Waals surface area contributed by atoms with Crippen molar-refractivity contribution in [3.8, 4) is 0 Å². The van der Waals surface area contributed by atoms with Crippen LogP contribution in [0.3, 0.4) is 0 Å². The van der Waals surface area contributed by atoms with Crippen LogP contribution in [0.1, 0.15) is 35.0 Å². The molecule has 2 heterocycles. The van der Waals surface area contributed by atoms with Gasteiger partial charge in [-0.15, -0.1) is 11.3 Å². The van der Waals surface area contributed by atoms with Gasteiger partial charge in [0, 0.05) is 48.0 Å². The molecule has 0 spiro atoms. The monoisotopic (exact) mass is 361 g/mol. The summed E-state index contributed by atoms with van der Waals surface area (Å²) >= 11 is 1.86. The number of nitrogens with zero attached hydrogens (tertiary/aromatic N) is 3. The van der Waals surface area contributed by atoms with Crippen LogP contribution in [0.2, 0.25) is 0 Å². The molecule has 0 aliphatic carbocycles. The number of aromatic nitrogens is 2. The lowest BCUT2D eigenvalue weighted by Gasteiger charge is -2.20. The number of aliphatic imine (C=N–C) groups is 1. The molecule has 0 radical (unpaired) electrons. The lowest BCUT2D eigenvalue weighted by molar-refractivity contribution is 0.435. The first kappa shape index (κ1) is 19.5. The summed E-state index contributed by atoms with van der Waals surface area (Å²) in [7, 11) is 1.82. The third-order valence-corrected chi connectivity index (χ3v) is 5.14. The number of rotatable bonds is 7. The summed E-state index contributed by atoms with van der Waals surface area (Å²) in [5.41, 5.74) is 2.29. The highest BCUT2D eigenvalue weighted by Gasteiger charge is 2.11. The molecule has 25 heavy (non-hydrogen) atoms. The van der Waals surface area contributed by atoms with Crippen LogP contribution in [0.5, 0.6) is 0 Å². The first-order chi connectivity index (χ1) is 11.9. The molecule has 0 fully saturated rings. The second-order valence-electron chi connectivity index (χ2n) is 6.93. The van der Waals surface area contributed by atoms with Crippen molar-refractivity contribution in [1.82, 2.24) is 20.4 Å². The van der Waals surface area contributed by atoms with Gasteiger partial charge in [0.2, 0.25) is 0 Å². The molecular formula is C19H31N5S. The largest absolute Gasteiger partial charge is 0.356 e. The lowest BCUT2D eigenvalue weighted by Crippen LogP contribution is -2.44. The van der Waals surface area contributed by atoms with Gasteiger partial charge in [0.1, 0.15) is 0 Å². The van der Waals surface area contributed by atoms with Crippen LogP contribution in [0.15, 0.2) is 23.2 Å². The first-order valence-electron chi connectivity index (χ1n) is 8.91. The summed E-state index contributed by atoms with van der Waals surface area (Å²) in [5, 5.41) is 11.5. The number of aryl methyl sites for hydroxylation is 3. The maximum Gasteiger partial charge on any atom is 0.191 e. The molecule has 5 nitrogen and oxygen atoms in total. The van der Waals surface area contributed by atoms with Crippen molar-refractivity contribution in [2.75, 3.05) is 13.6 Å². The number of guanidine groups is 1. The number of thiophene rings is 1. The Morgan fingerprint density at radius 1 is 1.28 bits per heavy atom. The minimum Gasteiger partial charge on any atom is -0.356 e. The highest BCUT2D eigenvalue weighted by atomic mass is 32.1. The van der Waals surface area contributed by atoms with Gasteiger partial charge in [0.15, 0.2) is 5.96 Å². The van der Waals surface area contributed by atoms with E-state index < -0.39 is 0 Å². The zero-order chi connectivity index (χ0) is 18.4. The predicted molar refractivity (Wildman–Crippen MR) is 108 cm³/mol. The summed E-state index contributed by atoms with van der Waals surface area (Å²) in [6.07, 6.45) is 1.01. The Labute approximate surface area is 155 Å². The minimum atomic E-state index is 0.343. The third-order valence-electron chi connectivity index (χ3n) is 4.12. The Bertz CT molecular complexity index is 700. The van der Waals surface area contributed by atoms with E-state index in [-0.39, 0.29) is 0 Å². The van der Waals surface area contributed by atoms with Crippen LogP contribution in [0.25, 0.3) is 0 Å². The second kappa shape index (κ2) is 9.04. The standard InChI is InChI=1S/C19H31N5S/c1-13(12-24-16(4)9-15(3)23-24)11-21-19(20-6)22-14(2)10-18-8-7-17(5)25-18/h7-9,13-14H,10-12H2,1-6H3,(H2,20,21,22). The fourth-order valence-electron chi connectivity index (χ4n) is 2.87. The Hall–Kier alpha value is -1.82. The van der Waals surface area contributed by atoms with E-state index in [0.29, 0.717) is 12.0 Å². The van der Waals surface area contributed by atoms with Crippen molar-refractivity contribution in [3.05, 3.63) is 39.3 Å². The van der Waals surface area contributed by atoms with Gasteiger partial charge >= 0.3 is 0 Å². The minimum absolute atomic E-state index is 0.343. The molecular weight excluding hydrogens is 330 g/mol. The highest BCUT2D eigenvalue weighted by Crippen LogP contribution is 2.16. The van der Waals surface area contributed by atoms with E-state index in [1.807, 2.05) is 25.3 Å². The zero-order valence-corrected chi connectivity index (χ0v) is 17.1. The van der Waals surface area contributed by atoms with Gasteiger partial charge in [0.25, 0.3) is 0 Å². The molecule has 0 amide bonds. The smallest absolute Gasteiger partial charge is 0.191 e. The van der Waals surface area contributed by atoms with Crippen molar-refractivity contribution >= 4 is 17.3 Å². The quantitative estimate of drug-likeness (QED) is 0.588. The van der Waals surface area contributed by atoms with E-state index in [4.69, 9.17) is 0 Å². The topological polar surface area (TPSA) is 54.2 Å². The molecule has 0 aliphatic rings. The van der Waals surface area contributed by atoms with E-state index in [9.17, 15) is 0 Å². The van der Waals surface area contributed by atoms with Crippen LogP contribution < -0.4 is 10.6 Å². The van der Waals surface area contributed by atoms with Gasteiger partial charge < -0.3 is 10.6 Å². The van der Waals surface area contributed by atoms with Gasteiger partial charge in [-0.2, -0.15) is 5.10 Å². The SMILES string of the molecule is CN=C(NCC(C)Cn1nc(C)cc1C)NC(C)Cc1ccc(C)s1. The zero-order valence-electron chi connectivity index (χ0n) is 16.3. The van der Waals surface area contributed by atoms with Crippen LogP contribution >= 0.6 is 11.3 Å². The van der Waals surface area contributed by atoms with Crippen LogP contribution in [0.4, 0.5) is 0 Å². The van der Waals surface area contributed by atoms with E-state index in [2.05, 4.69) is 71.3 Å². The fraction of sp³-hybridized carbons (Fsp3) is 0.579. The van der Waals surface area contributed by atoms with Gasteiger partial charge in [-0.3, -0.25) is 9.67 Å². The molecule has 0 aliphatic heterocycles. The predicted octanol–water partition coefficient (Wildman–Crippen LogP) is 3.30. The molecule has 2 atom stereocenters. The van der Waals surface area contributed by atoms with Gasteiger partial charge in [0.05, 0.1) is 5.69 Å². The average Bonchev–Trinajstić information content (AvgIpc) is 3.08. The molecule has 2 aromatic heterocycles. The number of hydrogen-bond donors (Lipinski definition) is 2. The summed E-state index contributed by atoms with van der Waals surface area (Å²) in [5.74, 6) is 1.33. The summed E-state index contributed by atoms with van der Waals surface area (Å²) in [6, 6.07) is 6.86. The number of hydrogen-bond acceptors (Lipinski definition) is 3. The van der Waals surface area contributed by atoms with Gasteiger partial charge in [-0.05, 0) is 51.8 Å². The molecule has 0 saturated carbocycles. The van der Waals surface area contributed by atoms with Crippen LogP contribution in [-0.4, -0.2) is 35.4 Å². The molecule has 2 aromatic rings. The van der Waals surface area contributed by atoms with Crippen molar-refractivity contribution in [2.45, 2.75) is 53.6 Å². The molecule has 2 rings (SSSR count). The summed E-state index contributed by atoms with van der Waals surface area (Å²) < 4.78 is 2.08. The maximum absolute atomic E-state index is 4.54. The highest BCUT2D eigenvalue weighted by molar-refractivity contribution is 7.11. The molecule has 2 N–H and O–H groups in total. The molecule has 138 valence electrons. The fourth-order valence-corrected chi connectivity index (χ4v) is 3.89. The molecule has 0 saturated heterocycles. The van der Waals surface area contributed by atoms with Gasteiger partial charge in [-0.1, -0.05) is 6.92 Å². The van der Waals surface area contributed by atoms with E-state index in [1.54, 1.807) is 0 Å². The second-order valence-corrected chi connectivity index (χ2v) is 8.30. The van der Waals surface area contributed by atoms with Crippen molar-refractivity contribution in [2.24, 2.45) is 10.9 Å². The summed E-state index contributed by atoms with van der Waals surface area (Å²) in [6.45, 7) is 12.5. The van der Waals surface area contributed by atoms with E-state index in [1.165, 1.54) is 15.4 Å². The van der Waals surface area contributed by atoms with Crippen molar-refractivity contribution in [1.29, 1.82) is 0 Å². The first-order valence-corrected chi connectivity index (χ1v) is 9.72. The third kappa shape index (κ3) is 6.20. The van der Waals surface area contributed by atoms with Crippen molar-refractivity contribution in [3.63, 3.8) is 0 Å². The molecule has 2 unspecified atom stereocenters. The molecule has 6 heteroatoms. The Morgan fingerprint density at radius 2 is 2.04 bits per heavy atom. The normalized spacial score (nSPS) is 14.4. The maximum atomic E-state index is 4.54. The Kier molecular flexibility index (Phi) is 7.05. The Balaban J connectivity index is 1.78. The average molecular weight is 362 g/mol. The molecule has 0 aromatic carbocycles. The molecule has 0 bridgehead atoms. The number of nitrogens with one attached hydrogen (secondary N) is 2. The van der Waals surface area contributed by atoms with Gasteiger partial charge in [-0.25, -0.2) is 0 Å².